The molecule has 0 N–H and O–H groups in total. The van der Waals surface area contributed by atoms with Crippen molar-refractivity contribution in [2.45, 2.75) is 32.7 Å². The number of nitrogens with zero attached hydrogens (tertiary/aromatic N) is 3. The Morgan fingerprint density at radius 3 is 2.47 bits per heavy atom. The van der Waals surface area contributed by atoms with Crippen LogP contribution in [-0.4, -0.2) is 27.8 Å². The maximum Gasteiger partial charge on any atom is 0.0645 e. The number of rotatable bonds is 4. The summed E-state index contributed by atoms with van der Waals surface area (Å²) in [5.41, 5.74) is 3.81. The molecule has 1 aliphatic rings. The molecule has 0 bridgehead atoms. The minimum atomic E-state index is 0.577. The SMILES string of the molecule is CC(C)c1ccc(-n2cc(CN3CCC3)cn2)cc1. The molecular weight excluding hydrogens is 234 g/mol. The lowest BCUT2D eigenvalue weighted by Crippen LogP contribution is -2.36. The molecule has 19 heavy (non-hydrogen) atoms. The second-order valence-electron chi connectivity index (χ2n) is 5.67. The number of likely N-dealkylation sites (tertiary alicyclic amines) is 1. The van der Waals surface area contributed by atoms with Gasteiger partial charge >= 0.3 is 0 Å². The fourth-order valence-corrected chi connectivity index (χ4v) is 2.39. The van der Waals surface area contributed by atoms with Crippen LogP contribution in [0.4, 0.5) is 0 Å². The molecule has 0 unspecified atom stereocenters. The van der Waals surface area contributed by atoms with E-state index in [9.17, 15) is 0 Å². The van der Waals surface area contributed by atoms with Crippen LogP contribution in [0.2, 0.25) is 0 Å². The number of benzene rings is 1. The van der Waals surface area contributed by atoms with Crippen LogP contribution >= 0.6 is 0 Å². The van der Waals surface area contributed by atoms with Crippen LogP contribution in [0.15, 0.2) is 36.7 Å². The topological polar surface area (TPSA) is 21.1 Å². The third-order valence-electron chi connectivity index (χ3n) is 3.82. The average molecular weight is 255 g/mol. The van der Waals surface area contributed by atoms with Crippen LogP contribution in [0.25, 0.3) is 5.69 Å². The first kappa shape index (κ1) is 12.4. The lowest BCUT2D eigenvalue weighted by Gasteiger charge is -2.29. The van der Waals surface area contributed by atoms with Crippen molar-refractivity contribution in [3.05, 3.63) is 47.8 Å². The van der Waals surface area contributed by atoms with E-state index in [-0.39, 0.29) is 0 Å². The fraction of sp³-hybridized carbons (Fsp3) is 0.438. The molecule has 3 nitrogen and oxygen atoms in total. The van der Waals surface area contributed by atoms with E-state index in [0.717, 1.165) is 12.2 Å². The summed E-state index contributed by atoms with van der Waals surface area (Å²) in [6.07, 6.45) is 5.46. The second kappa shape index (κ2) is 5.17. The van der Waals surface area contributed by atoms with Crippen molar-refractivity contribution in [1.82, 2.24) is 14.7 Å². The van der Waals surface area contributed by atoms with Gasteiger partial charge in [0.25, 0.3) is 0 Å². The fourth-order valence-electron chi connectivity index (χ4n) is 2.39. The zero-order valence-corrected chi connectivity index (χ0v) is 11.7. The standard InChI is InChI=1S/C16H21N3/c1-13(2)15-4-6-16(7-5-15)19-12-14(10-17-19)11-18-8-3-9-18/h4-7,10,12-13H,3,8-9,11H2,1-2H3. The molecule has 1 aromatic heterocycles. The van der Waals surface area contributed by atoms with Crippen molar-refractivity contribution < 1.29 is 0 Å². The molecule has 3 heteroatoms. The maximum absolute atomic E-state index is 4.46. The number of hydrogen-bond acceptors (Lipinski definition) is 2. The highest BCUT2D eigenvalue weighted by Crippen LogP contribution is 2.17. The molecule has 0 saturated carbocycles. The van der Waals surface area contributed by atoms with Gasteiger partial charge in [-0.2, -0.15) is 5.10 Å². The van der Waals surface area contributed by atoms with Gasteiger partial charge in [0.05, 0.1) is 11.9 Å². The van der Waals surface area contributed by atoms with Gasteiger partial charge in [0.2, 0.25) is 0 Å². The Morgan fingerprint density at radius 1 is 1.16 bits per heavy atom. The van der Waals surface area contributed by atoms with Gasteiger partial charge in [-0.15, -0.1) is 0 Å². The van der Waals surface area contributed by atoms with Crippen LogP contribution in [-0.2, 0) is 6.54 Å². The van der Waals surface area contributed by atoms with Gasteiger partial charge in [-0.1, -0.05) is 26.0 Å². The van der Waals surface area contributed by atoms with Crippen molar-refractivity contribution in [2.24, 2.45) is 0 Å². The second-order valence-corrected chi connectivity index (χ2v) is 5.67. The lowest BCUT2D eigenvalue weighted by molar-refractivity contribution is 0.172. The van der Waals surface area contributed by atoms with Gasteiger partial charge in [-0.05, 0) is 43.1 Å². The van der Waals surface area contributed by atoms with Crippen molar-refractivity contribution >= 4 is 0 Å². The summed E-state index contributed by atoms with van der Waals surface area (Å²) in [7, 11) is 0. The summed E-state index contributed by atoms with van der Waals surface area (Å²) in [5, 5.41) is 4.46. The number of hydrogen-bond donors (Lipinski definition) is 0. The Balaban J connectivity index is 1.74. The number of aromatic nitrogens is 2. The smallest absolute Gasteiger partial charge is 0.0645 e. The molecule has 1 aromatic carbocycles. The lowest BCUT2D eigenvalue weighted by atomic mass is 10.0. The first-order chi connectivity index (χ1) is 9.22. The van der Waals surface area contributed by atoms with Gasteiger partial charge in [-0.3, -0.25) is 4.90 Å². The van der Waals surface area contributed by atoms with Crippen LogP contribution in [0.3, 0.4) is 0 Å². The molecule has 2 aromatic rings. The summed E-state index contributed by atoms with van der Waals surface area (Å²) >= 11 is 0. The summed E-state index contributed by atoms with van der Waals surface area (Å²) < 4.78 is 1.97. The molecule has 2 heterocycles. The van der Waals surface area contributed by atoms with Gasteiger partial charge in [0, 0.05) is 18.3 Å². The van der Waals surface area contributed by atoms with E-state index < -0.39 is 0 Å². The summed E-state index contributed by atoms with van der Waals surface area (Å²) in [6.45, 7) is 7.93. The normalized spacial score (nSPS) is 15.7. The molecule has 0 spiro atoms. The third-order valence-corrected chi connectivity index (χ3v) is 3.82. The van der Waals surface area contributed by atoms with E-state index in [2.05, 4.69) is 54.3 Å². The van der Waals surface area contributed by atoms with Crippen LogP contribution in [0, 0.1) is 0 Å². The molecular formula is C16H21N3. The first-order valence-electron chi connectivity index (χ1n) is 7.08. The molecule has 0 aliphatic carbocycles. The predicted octanol–water partition coefficient (Wildman–Crippen LogP) is 3.20. The summed E-state index contributed by atoms with van der Waals surface area (Å²) in [6, 6.07) is 8.68. The quantitative estimate of drug-likeness (QED) is 0.836. The molecule has 3 rings (SSSR count). The Morgan fingerprint density at radius 2 is 1.89 bits per heavy atom. The Hall–Kier alpha value is -1.61. The van der Waals surface area contributed by atoms with Crippen LogP contribution < -0.4 is 0 Å². The summed E-state index contributed by atoms with van der Waals surface area (Å²) in [4.78, 5) is 2.45. The summed E-state index contributed by atoms with van der Waals surface area (Å²) in [5.74, 6) is 0.577. The molecule has 1 fully saturated rings. The zero-order chi connectivity index (χ0) is 13.2. The monoisotopic (exact) mass is 255 g/mol. The van der Waals surface area contributed by atoms with Crippen molar-refractivity contribution in [2.75, 3.05) is 13.1 Å². The van der Waals surface area contributed by atoms with E-state index in [4.69, 9.17) is 0 Å². The van der Waals surface area contributed by atoms with Gasteiger partial charge < -0.3 is 0 Å². The predicted molar refractivity (Wildman–Crippen MR) is 77.5 cm³/mol. The minimum absolute atomic E-state index is 0.577. The van der Waals surface area contributed by atoms with E-state index in [1.165, 1.54) is 30.6 Å². The maximum atomic E-state index is 4.46. The van der Waals surface area contributed by atoms with E-state index in [1.54, 1.807) is 0 Å². The molecule has 1 saturated heterocycles. The van der Waals surface area contributed by atoms with E-state index in [0.29, 0.717) is 5.92 Å². The molecule has 1 aliphatic heterocycles. The molecule has 0 atom stereocenters. The van der Waals surface area contributed by atoms with Crippen molar-refractivity contribution in [1.29, 1.82) is 0 Å². The molecule has 100 valence electrons. The Bertz CT molecular complexity index is 535. The van der Waals surface area contributed by atoms with Gasteiger partial charge in [-0.25, -0.2) is 4.68 Å². The highest BCUT2D eigenvalue weighted by Gasteiger charge is 2.14. The van der Waals surface area contributed by atoms with Crippen LogP contribution in [0.5, 0.6) is 0 Å². The van der Waals surface area contributed by atoms with Crippen molar-refractivity contribution in [3.63, 3.8) is 0 Å². The van der Waals surface area contributed by atoms with Gasteiger partial charge in [0.15, 0.2) is 0 Å². The van der Waals surface area contributed by atoms with Gasteiger partial charge in [0.1, 0.15) is 0 Å². The minimum Gasteiger partial charge on any atom is -0.299 e. The molecule has 0 amide bonds. The average Bonchev–Trinajstić information content (AvgIpc) is 2.82. The Labute approximate surface area is 114 Å². The van der Waals surface area contributed by atoms with E-state index in [1.807, 2.05) is 10.9 Å². The first-order valence-corrected chi connectivity index (χ1v) is 7.08. The largest absolute Gasteiger partial charge is 0.299 e. The Kier molecular flexibility index (Phi) is 3.38. The third kappa shape index (κ3) is 2.71. The van der Waals surface area contributed by atoms with E-state index >= 15 is 0 Å². The zero-order valence-electron chi connectivity index (χ0n) is 11.7. The van der Waals surface area contributed by atoms with Crippen LogP contribution in [0.1, 0.15) is 37.3 Å². The van der Waals surface area contributed by atoms with Crippen molar-refractivity contribution in [3.8, 4) is 5.69 Å². The molecule has 0 radical (unpaired) electrons. The highest BCUT2D eigenvalue weighted by molar-refractivity contribution is 5.35. The highest BCUT2D eigenvalue weighted by atomic mass is 15.3.